The molecule has 0 fully saturated rings. The molecule has 0 aliphatic rings. The Kier molecular flexibility index (Phi) is 3.92. The summed E-state index contributed by atoms with van der Waals surface area (Å²) in [5, 5.41) is 21.9. The lowest BCUT2D eigenvalue weighted by atomic mass is 10.2. The van der Waals surface area contributed by atoms with Crippen molar-refractivity contribution in [3.05, 3.63) is 76.3 Å². The van der Waals surface area contributed by atoms with Crippen molar-refractivity contribution in [2.45, 2.75) is 0 Å². The smallest absolute Gasteiger partial charge is 0.270 e. The van der Waals surface area contributed by atoms with E-state index in [-0.39, 0.29) is 17.0 Å². The summed E-state index contributed by atoms with van der Waals surface area (Å²) in [7, 11) is 1.94. The lowest BCUT2D eigenvalue weighted by molar-refractivity contribution is -0.384. The topological polar surface area (TPSA) is 106 Å². The van der Waals surface area contributed by atoms with Gasteiger partial charge in [-0.05, 0) is 36.4 Å². The summed E-state index contributed by atoms with van der Waals surface area (Å²) in [5.74, 6) is -0.0760. The molecule has 5 rings (SSSR count). The van der Waals surface area contributed by atoms with Crippen LogP contribution in [0, 0.1) is 10.1 Å². The number of benzene rings is 3. The fourth-order valence-electron chi connectivity index (χ4n) is 3.51. The molecule has 0 aliphatic carbocycles. The third kappa shape index (κ3) is 2.82. The van der Waals surface area contributed by atoms with Gasteiger partial charge in [0.25, 0.3) is 5.69 Å². The number of nitro benzene ring substituents is 1. The normalized spacial score (nSPS) is 11.8. The largest absolute Gasteiger partial charge is 0.507 e. The third-order valence-electron chi connectivity index (χ3n) is 5.04. The van der Waals surface area contributed by atoms with E-state index >= 15 is 0 Å². The molecule has 30 heavy (non-hydrogen) atoms. The number of aliphatic imine (C=N–C) groups is 1. The van der Waals surface area contributed by atoms with Gasteiger partial charge in [0.15, 0.2) is 5.65 Å². The number of rotatable bonds is 3. The first-order valence-electron chi connectivity index (χ1n) is 9.18. The number of hydrogen-bond donors (Lipinski definition) is 1. The molecule has 8 heteroatoms. The van der Waals surface area contributed by atoms with Crippen LogP contribution in [-0.2, 0) is 7.05 Å². The maximum Gasteiger partial charge on any atom is 0.270 e. The van der Waals surface area contributed by atoms with Gasteiger partial charge >= 0.3 is 0 Å². The van der Waals surface area contributed by atoms with Crippen LogP contribution in [0.4, 0.5) is 11.4 Å². The van der Waals surface area contributed by atoms with E-state index in [2.05, 4.69) is 4.99 Å². The highest BCUT2D eigenvalue weighted by Gasteiger charge is 2.13. The van der Waals surface area contributed by atoms with Crippen LogP contribution in [0.2, 0.25) is 0 Å². The number of phenolic OH excluding ortho intramolecular Hbond substituents is 1. The molecule has 0 spiro atoms. The van der Waals surface area contributed by atoms with Crippen molar-refractivity contribution >= 4 is 50.7 Å². The van der Waals surface area contributed by atoms with Crippen molar-refractivity contribution in [3.63, 3.8) is 0 Å². The average molecular weight is 397 g/mol. The minimum Gasteiger partial charge on any atom is -0.507 e. The molecule has 3 aromatic carbocycles. The molecule has 2 aromatic heterocycles. The van der Waals surface area contributed by atoms with Gasteiger partial charge in [0.2, 0.25) is 0 Å². The standard InChI is InChI=1S/C22H15N5O3/c1-26-19-8-6-14(23-12-13-10-15(27(29)30)7-9-20(13)28)11-16(19)21-22(26)25-18-5-3-2-4-17(18)24-21/h2-12,28H,1H3. The van der Waals surface area contributed by atoms with Crippen LogP contribution >= 0.6 is 0 Å². The van der Waals surface area contributed by atoms with Crippen LogP contribution in [0.1, 0.15) is 5.56 Å². The zero-order valence-corrected chi connectivity index (χ0v) is 15.9. The fourth-order valence-corrected chi connectivity index (χ4v) is 3.51. The predicted molar refractivity (Wildman–Crippen MR) is 116 cm³/mol. The number of nitro groups is 1. The first kappa shape index (κ1) is 17.7. The molecule has 0 saturated carbocycles. The number of aryl methyl sites for hydroxylation is 1. The summed E-state index contributed by atoms with van der Waals surface area (Å²) in [6, 6.07) is 17.2. The summed E-state index contributed by atoms with van der Waals surface area (Å²) in [6.45, 7) is 0. The number of nitrogens with zero attached hydrogens (tertiary/aromatic N) is 5. The van der Waals surface area contributed by atoms with Crippen LogP contribution in [0.15, 0.2) is 65.7 Å². The van der Waals surface area contributed by atoms with Crippen molar-refractivity contribution in [2.24, 2.45) is 12.0 Å². The van der Waals surface area contributed by atoms with Gasteiger partial charge in [0.1, 0.15) is 11.3 Å². The van der Waals surface area contributed by atoms with E-state index in [1.807, 2.05) is 54.1 Å². The lowest BCUT2D eigenvalue weighted by Gasteiger charge is -2.00. The van der Waals surface area contributed by atoms with Crippen molar-refractivity contribution in [3.8, 4) is 5.75 Å². The number of hydrogen-bond acceptors (Lipinski definition) is 6. The molecule has 0 atom stereocenters. The van der Waals surface area contributed by atoms with E-state index in [4.69, 9.17) is 9.97 Å². The van der Waals surface area contributed by atoms with Gasteiger partial charge in [-0.3, -0.25) is 15.1 Å². The second-order valence-corrected chi connectivity index (χ2v) is 6.90. The van der Waals surface area contributed by atoms with Crippen LogP contribution in [-0.4, -0.2) is 30.8 Å². The first-order valence-corrected chi connectivity index (χ1v) is 9.18. The molecule has 1 N–H and O–H groups in total. The molecule has 0 bridgehead atoms. The number of aromatic hydroxyl groups is 1. The Hall–Kier alpha value is -4.33. The zero-order chi connectivity index (χ0) is 20.8. The Morgan fingerprint density at radius 1 is 1.07 bits per heavy atom. The Morgan fingerprint density at radius 3 is 2.60 bits per heavy atom. The fraction of sp³-hybridized carbons (Fsp3) is 0.0455. The molecule has 0 saturated heterocycles. The number of non-ortho nitro benzene ring substituents is 1. The highest BCUT2D eigenvalue weighted by molar-refractivity contribution is 6.07. The number of para-hydroxylation sites is 2. The molecule has 0 aliphatic heterocycles. The summed E-state index contributed by atoms with van der Waals surface area (Å²) >= 11 is 0. The van der Waals surface area contributed by atoms with Crippen molar-refractivity contribution in [2.75, 3.05) is 0 Å². The first-order chi connectivity index (χ1) is 14.5. The number of phenols is 1. The monoisotopic (exact) mass is 397 g/mol. The summed E-state index contributed by atoms with van der Waals surface area (Å²) in [5.41, 5.74) is 4.97. The number of fused-ring (bicyclic) bond motifs is 4. The van der Waals surface area contributed by atoms with Crippen LogP contribution in [0.3, 0.4) is 0 Å². The lowest BCUT2D eigenvalue weighted by Crippen LogP contribution is -1.91. The summed E-state index contributed by atoms with van der Waals surface area (Å²) < 4.78 is 1.99. The minimum atomic E-state index is -0.512. The maximum absolute atomic E-state index is 11.0. The predicted octanol–water partition coefficient (Wildman–Crippen LogP) is 4.64. The molecule has 0 radical (unpaired) electrons. The van der Waals surface area contributed by atoms with Crippen LogP contribution in [0.5, 0.6) is 5.75 Å². The van der Waals surface area contributed by atoms with Gasteiger partial charge in [0, 0.05) is 36.3 Å². The molecular weight excluding hydrogens is 382 g/mol. The Balaban J connectivity index is 1.64. The van der Waals surface area contributed by atoms with Crippen molar-refractivity contribution in [1.29, 1.82) is 0 Å². The summed E-state index contributed by atoms with van der Waals surface area (Å²) in [6.07, 6.45) is 1.41. The highest BCUT2D eigenvalue weighted by Crippen LogP contribution is 2.30. The highest BCUT2D eigenvalue weighted by atomic mass is 16.6. The van der Waals surface area contributed by atoms with Crippen LogP contribution < -0.4 is 0 Å². The van der Waals surface area contributed by atoms with Crippen molar-refractivity contribution in [1.82, 2.24) is 14.5 Å². The quantitative estimate of drug-likeness (QED) is 0.271. The van der Waals surface area contributed by atoms with E-state index in [0.717, 1.165) is 33.1 Å². The van der Waals surface area contributed by atoms with E-state index in [9.17, 15) is 15.2 Å². The second-order valence-electron chi connectivity index (χ2n) is 6.90. The minimum absolute atomic E-state index is 0.0760. The van der Waals surface area contributed by atoms with E-state index < -0.39 is 4.92 Å². The Labute approximate surface area is 169 Å². The van der Waals surface area contributed by atoms with Gasteiger partial charge in [-0.15, -0.1) is 0 Å². The molecular formula is C22H15N5O3. The van der Waals surface area contributed by atoms with Gasteiger partial charge < -0.3 is 9.67 Å². The van der Waals surface area contributed by atoms with Crippen LogP contribution in [0.25, 0.3) is 33.1 Å². The van der Waals surface area contributed by atoms with E-state index in [1.54, 1.807) is 0 Å². The van der Waals surface area contributed by atoms with Gasteiger partial charge in [0.05, 0.1) is 27.2 Å². The van der Waals surface area contributed by atoms with Crippen molar-refractivity contribution < 1.29 is 10.0 Å². The van der Waals surface area contributed by atoms with Gasteiger partial charge in [-0.2, -0.15) is 0 Å². The second kappa shape index (κ2) is 6.63. The van der Waals surface area contributed by atoms with E-state index in [1.165, 1.54) is 24.4 Å². The molecule has 0 unspecified atom stereocenters. The molecule has 8 nitrogen and oxygen atoms in total. The average Bonchev–Trinajstić information content (AvgIpc) is 3.02. The number of aromatic nitrogens is 3. The SMILES string of the molecule is Cn1c2ccc(N=Cc3cc([N+](=O)[O-])ccc3O)cc2c2nc3ccccc3nc21. The summed E-state index contributed by atoms with van der Waals surface area (Å²) in [4.78, 5) is 24.4. The molecule has 2 heterocycles. The zero-order valence-electron chi connectivity index (χ0n) is 15.9. The Bertz CT molecular complexity index is 1500. The van der Waals surface area contributed by atoms with Gasteiger partial charge in [-0.1, -0.05) is 12.1 Å². The Morgan fingerprint density at radius 2 is 1.83 bits per heavy atom. The molecule has 0 amide bonds. The maximum atomic E-state index is 11.0. The van der Waals surface area contributed by atoms with E-state index in [0.29, 0.717) is 5.69 Å². The molecule has 5 aromatic rings. The molecule has 146 valence electrons. The van der Waals surface area contributed by atoms with Gasteiger partial charge in [-0.25, -0.2) is 9.97 Å². The third-order valence-corrected chi connectivity index (χ3v) is 5.04.